The molecule has 3 N–H and O–H groups in total. The first kappa shape index (κ1) is 5.90. The number of hydrogen-bond acceptors (Lipinski definition) is 5. The molecule has 0 amide bonds. The van der Waals surface area contributed by atoms with Gasteiger partial charge in [-0.15, -0.1) is 0 Å². The number of aromatic hydroxyl groups is 2. The second kappa shape index (κ2) is 1.82. The molecule has 0 saturated carbocycles. The average Bonchev–Trinajstić information content (AvgIpc) is 2.35. The van der Waals surface area contributed by atoms with Crippen molar-refractivity contribution in [2.24, 2.45) is 0 Å². The number of nitrogens with one attached hydrogen (secondary N) is 1. The number of aromatic nitrogens is 4. The molecule has 0 fully saturated rings. The van der Waals surface area contributed by atoms with E-state index in [2.05, 4.69) is 20.2 Å². The Bertz CT molecular complexity index is 396. The van der Waals surface area contributed by atoms with Crippen LogP contribution in [0.2, 0.25) is 0 Å². The summed E-state index contributed by atoms with van der Waals surface area (Å²) in [6, 6.07) is 0. The summed E-state index contributed by atoms with van der Waals surface area (Å²) in [5.41, 5.74) is 0.391. The molecule has 0 aliphatic rings. The molecule has 0 aliphatic carbocycles. The normalized spacial score (nSPS) is 10.5. The van der Waals surface area contributed by atoms with E-state index < -0.39 is 0 Å². The van der Waals surface area contributed by atoms with Crippen molar-refractivity contribution in [3.63, 3.8) is 0 Å². The Kier molecular flexibility index (Phi) is 0.974. The van der Waals surface area contributed by atoms with E-state index in [9.17, 15) is 0 Å². The highest BCUT2D eigenvalue weighted by Crippen LogP contribution is 2.22. The molecule has 56 valence electrons. The van der Waals surface area contributed by atoms with Crippen LogP contribution < -0.4 is 0 Å². The van der Waals surface area contributed by atoms with Crippen molar-refractivity contribution >= 4 is 11.0 Å². The molecule has 6 heteroatoms. The maximum absolute atomic E-state index is 9.04. The third-order valence-electron chi connectivity index (χ3n) is 1.30. The maximum atomic E-state index is 9.04. The fourth-order valence-corrected chi connectivity index (χ4v) is 0.808. The highest BCUT2D eigenvalue weighted by atomic mass is 16.3. The van der Waals surface area contributed by atoms with E-state index in [1.165, 1.54) is 0 Å². The van der Waals surface area contributed by atoms with E-state index >= 15 is 0 Å². The largest absolute Gasteiger partial charge is 0.492 e. The van der Waals surface area contributed by atoms with Gasteiger partial charge in [0, 0.05) is 0 Å². The quantitative estimate of drug-likeness (QED) is 0.484. The Balaban J connectivity index is 2.94. The zero-order valence-electron chi connectivity index (χ0n) is 5.31. The van der Waals surface area contributed by atoms with Crippen LogP contribution in [0.4, 0.5) is 0 Å². The summed E-state index contributed by atoms with van der Waals surface area (Å²) in [5, 5.41) is 23.9. The van der Waals surface area contributed by atoms with Gasteiger partial charge >= 0.3 is 0 Å². The van der Waals surface area contributed by atoms with E-state index in [1.54, 1.807) is 0 Å². The summed E-state index contributed by atoms with van der Waals surface area (Å²) in [4.78, 5) is 7.16. The smallest absolute Gasteiger partial charge is 0.243 e. The van der Waals surface area contributed by atoms with Crippen LogP contribution >= 0.6 is 0 Å². The number of fused-ring (bicyclic) bond motifs is 1. The predicted molar refractivity (Wildman–Crippen MR) is 35.0 cm³/mol. The molecule has 0 atom stereocenters. The molecular formula is C5H4N4O2. The second-order valence-electron chi connectivity index (χ2n) is 1.97. The minimum Gasteiger partial charge on any atom is -0.492 e. The van der Waals surface area contributed by atoms with Gasteiger partial charge in [0.2, 0.25) is 11.8 Å². The molecule has 0 aromatic carbocycles. The van der Waals surface area contributed by atoms with Crippen LogP contribution in [-0.4, -0.2) is 30.4 Å². The molecule has 2 aromatic rings. The van der Waals surface area contributed by atoms with Gasteiger partial charge < -0.3 is 10.2 Å². The van der Waals surface area contributed by atoms with Crippen LogP contribution in [0.25, 0.3) is 11.0 Å². The molecule has 6 nitrogen and oxygen atoms in total. The van der Waals surface area contributed by atoms with E-state index in [1.807, 2.05) is 0 Å². The first-order valence-electron chi connectivity index (χ1n) is 2.86. The second-order valence-corrected chi connectivity index (χ2v) is 1.97. The SMILES string of the molecule is Oc1ncnc2c(O)[nH]nc12. The Morgan fingerprint density at radius 3 is 2.73 bits per heavy atom. The van der Waals surface area contributed by atoms with Crippen molar-refractivity contribution < 1.29 is 10.2 Å². The Hall–Kier alpha value is -1.85. The van der Waals surface area contributed by atoms with Gasteiger partial charge in [-0.25, -0.2) is 10.1 Å². The molecule has 0 bridgehead atoms. The lowest BCUT2D eigenvalue weighted by Crippen LogP contribution is -1.79. The minimum atomic E-state index is -0.244. The fourth-order valence-electron chi connectivity index (χ4n) is 0.808. The van der Waals surface area contributed by atoms with Crippen molar-refractivity contribution in [3.05, 3.63) is 6.33 Å². The number of hydrogen-bond donors (Lipinski definition) is 3. The molecular weight excluding hydrogens is 148 g/mol. The first-order valence-corrected chi connectivity index (χ1v) is 2.86. The standard InChI is InChI=1S/C5H4N4O2/c10-4-3-2(6-1-7-4)5(11)9-8-3/h1H,(H,6,7,10)(H2,8,9,11). The molecule has 2 rings (SSSR count). The van der Waals surface area contributed by atoms with Crippen molar-refractivity contribution in [2.75, 3.05) is 0 Å². The average molecular weight is 152 g/mol. The highest BCUT2D eigenvalue weighted by molar-refractivity contribution is 5.82. The van der Waals surface area contributed by atoms with Gasteiger partial charge in [-0.3, -0.25) is 0 Å². The van der Waals surface area contributed by atoms with Crippen LogP contribution in [0.5, 0.6) is 11.8 Å². The van der Waals surface area contributed by atoms with Crippen LogP contribution in [0.3, 0.4) is 0 Å². The molecule has 0 radical (unpaired) electrons. The van der Waals surface area contributed by atoms with Gasteiger partial charge in [-0.2, -0.15) is 10.1 Å². The van der Waals surface area contributed by atoms with E-state index in [4.69, 9.17) is 10.2 Å². The minimum absolute atomic E-state index is 0.169. The zero-order valence-corrected chi connectivity index (χ0v) is 5.31. The summed E-state index contributed by atoms with van der Waals surface area (Å²) in [5.74, 6) is -0.413. The van der Waals surface area contributed by atoms with Gasteiger partial charge in [0.25, 0.3) is 0 Å². The summed E-state index contributed by atoms with van der Waals surface area (Å²) >= 11 is 0. The first-order chi connectivity index (χ1) is 5.29. The van der Waals surface area contributed by atoms with Gasteiger partial charge in [-0.1, -0.05) is 0 Å². The monoisotopic (exact) mass is 152 g/mol. The van der Waals surface area contributed by atoms with Crippen molar-refractivity contribution in [3.8, 4) is 11.8 Å². The van der Waals surface area contributed by atoms with Crippen LogP contribution in [0.1, 0.15) is 0 Å². The van der Waals surface area contributed by atoms with Gasteiger partial charge in [0.05, 0.1) is 0 Å². The fraction of sp³-hybridized carbons (Fsp3) is 0. The molecule has 0 aliphatic heterocycles. The predicted octanol–water partition coefficient (Wildman–Crippen LogP) is -0.236. The topological polar surface area (TPSA) is 94.9 Å². The highest BCUT2D eigenvalue weighted by Gasteiger charge is 2.08. The Morgan fingerprint density at radius 1 is 1.18 bits per heavy atom. The number of nitrogens with zero attached hydrogens (tertiary/aromatic N) is 3. The van der Waals surface area contributed by atoms with Crippen molar-refractivity contribution in [2.45, 2.75) is 0 Å². The molecule has 2 aromatic heterocycles. The van der Waals surface area contributed by atoms with Gasteiger partial charge in [0.15, 0.2) is 11.0 Å². The summed E-state index contributed by atoms with van der Waals surface area (Å²) in [7, 11) is 0. The molecule has 0 saturated heterocycles. The van der Waals surface area contributed by atoms with E-state index in [-0.39, 0.29) is 22.8 Å². The molecule has 2 heterocycles. The summed E-state index contributed by atoms with van der Waals surface area (Å²) in [6.45, 7) is 0. The van der Waals surface area contributed by atoms with Crippen LogP contribution in [-0.2, 0) is 0 Å². The summed E-state index contributed by atoms with van der Waals surface area (Å²) in [6.07, 6.45) is 1.15. The van der Waals surface area contributed by atoms with Crippen LogP contribution in [0, 0.1) is 0 Å². The van der Waals surface area contributed by atoms with Gasteiger partial charge in [0.1, 0.15) is 6.33 Å². The lowest BCUT2D eigenvalue weighted by atomic mass is 10.4. The third kappa shape index (κ3) is 0.689. The van der Waals surface area contributed by atoms with Crippen LogP contribution in [0.15, 0.2) is 6.33 Å². The zero-order chi connectivity index (χ0) is 7.84. The number of rotatable bonds is 0. The van der Waals surface area contributed by atoms with Gasteiger partial charge in [-0.05, 0) is 0 Å². The number of H-pyrrole nitrogens is 1. The summed E-state index contributed by atoms with van der Waals surface area (Å²) < 4.78 is 0. The Morgan fingerprint density at radius 2 is 2.00 bits per heavy atom. The third-order valence-corrected chi connectivity index (χ3v) is 1.30. The molecule has 0 unspecified atom stereocenters. The molecule has 11 heavy (non-hydrogen) atoms. The van der Waals surface area contributed by atoms with Crippen molar-refractivity contribution in [1.82, 2.24) is 20.2 Å². The maximum Gasteiger partial charge on any atom is 0.243 e. The van der Waals surface area contributed by atoms with Crippen molar-refractivity contribution in [1.29, 1.82) is 0 Å². The lowest BCUT2D eigenvalue weighted by molar-refractivity contribution is 0.455. The van der Waals surface area contributed by atoms with E-state index in [0.29, 0.717) is 0 Å². The Labute approximate surface area is 60.5 Å². The number of aromatic amines is 1. The lowest BCUT2D eigenvalue weighted by Gasteiger charge is -1.88. The molecule has 0 spiro atoms. The van der Waals surface area contributed by atoms with E-state index in [0.717, 1.165) is 6.33 Å².